The minimum atomic E-state index is 0.344. The van der Waals surface area contributed by atoms with Crippen LogP contribution in [0.3, 0.4) is 0 Å². The average Bonchev–Trinajstić information content (AvgIpc) is 3.23. The Hall–Kier alpha value is 0.190. The van der Waals surface area contributed by atoms with Gasteiger partial charge in [0.25, 0.3) is 0 Å². The number of thioether (sulfide) groups is 1. The molecule has 5 atom stereocenters. The molecule has 2 fully saturated rings. The first-order valence-corrected chi connectivity index (χ1v) is 9.41. The van der Waals surface area contributed by atoms with Crippen LogP contribution in [0, 0.1) is 17.8 Å². The van der Waals surface area contributed by atoms with Gasteiger partial charge in [-0.1, -0.05) is 6.92 Å². The molecule has 0 radical (unpaired) electrons. The van der Waals surface area contributed by atoms with Crippen LogP contribution >= 0.6 is 11.8 Å². The average molecular weight is 318 g/mol. The Balaban J connectivity index is 1.75. The quantitative estimate of drug-likeness (QED) is 0.333. The molecule has 1 aliphatic carbocycles. The summed E-state index contributed by atoms with van der Waals surface area (Å²) in [7, 11) is 0. The monoisotopic (exact) mass is 318 g/mol. The van der Waals surface area contributed by atoms with Crippen LogP contribution in [0.5, 0.6) is 0 Å². The lowest BCUT2D eigenvalue weighted by Crippen LogP contribution is -2.25. The van der Waals surface area contributed by atoms with Gasteiger partial charge < -0.3 is 18.9 Å². The molecule has 1 saturated carbocycles. The summed E-state index contributed by atoms with van der Waals surface area (Å²) in [6.45, 7) is 8.58. The third-order valence-electron chi connectivity index (χ3n) is 4.55. The first kappa shape index (κ1) is 17.5. The minimum absolute atomic E-state index is 0.344. The molecular formula is C16H30O4S. The van der Waals surface area contributed by atoms with Crippen molar-refractivity contribution in [1.29, 1.82) is 0 Å². The zero-order chi connectivity index (χ0) is 15.1. The summed E-state index contributed by atoms with van der Waals surface area (Å²) < 4.78 is 22.0. The Morgan fingerprint density at radius 3 is 2.57 bits per heavy atom. The fourth-order valence-electron chi connectivity index (χ4n) is 3.15. The second kappa shape index (κ2) is 9.36. The van der Waals surface area contributed by atoms with E-state index in [0.29, 0.717) is 31.3 Å². The maximum atomic E-state index is 5.84. The minimum Gasteiger partial charge on any atom is -0.378 e. The van der Waals surface area contributed by atoms with Gasteiger partial charge in [0.1, 0.15) is 12.9 Å². The van der Waals surface area contributed by atoms with Crippen molar-refractivity contribution in [1.82, 2.24) is 0 Å². The highest BCUT2D eigenvalue weighted by molar-refractivity contribution is 7.99. The van der Waals surface area contributed by atoms with Crippen LogP contribution in [0.4, 0.5) is 0 Å². The lowest BCUT2D eigenvalue weighted by atomic mass is 9.91. The molecule has 0 bridgehead atoms. The van der Waals surface area contributed by atoms with Crippen LogP contribution in [-0.2, 0) is 18.9 Å². The summed E-state index contributed by atoms with van der Waals surface area (Å²) in [5.74, 6) is 1.98. The third kappa shape index (κ3) is 6.06. The topological polar surface area (TPSA) is 40.2 Å². The highest BCUT2D eigenvalue weighted by Gasteiger charge is 2.36. The van der Waals surface area contributed by atoms with Crippen molar-refractivity contribution in [3.63, 3.8) is 0 Å². The van der Waals surface area contributed by atoms with Crippen LogP contribution in [0.25, 0.3) is 0 Å². The van der Waals surface area contributed by atoms with E-state index in [4.69, 9.17) is 18.9 Å². The zero-order valence-corrected chi connectivity index (χ0v) is 14.4. The van der Waals surface area contributed by atoms with Crippen LogP contribution in [0.15, 0.2) is 0 Å². The molecule has 0 aromatic carbocycles. The number of epoxide rings is 1. The van der Waals surface area contributed by atoms with E-state index in [-0.39, 0.29) is 0 Å². The van der Waals surface area contributed by atoms with E-state index in [0.717, 1.165) is 37.6 Å². The standard InChI is InChI=1S/C16H30O4S/c1-4-17-11-19-8-14(7-18-9-15-10-20-15)13-5-12(2)16(6-13)21-3/h12-16H,4-11H2,1-3H3. The molecule has 0 amide bonds. The van der Waals surface area contributed by atoms with Gasteiger partial charge in [0, 0.05) is 17.8 Å². The molecular weight excluding hydrogens is 288 g/mol. The van der Waals surface area contributed by atoms with Gasteiger partial charge in [-0.2, -0.15) is 11.8 Å². The molecule has 5 unspecified atom stereocenters. The second-order valence-corrected chi connectivity index (χ2v) is 7.29. The largest absolute Gasteiger partial charge is 0.378 e. The van der Waals surface area contributed by atoms with Crippen molar-refractivity contribution >= 4 is 11.8 Å². The van der Waals surface area contributed by atoms with Gasteiger partial charge in [0.05, 0.1) is 26.4 Å². The van der Waals surface area contributed by atoms with Crippen molar-refractivity contribution in [2.45, 2.75) is 38.0 Å². The molecule has 4 nitrogen and oxygen atoms in total. The maximum Gasteiger partial charge on any atom is 0.146 e. The molecule has 5 heteroatoms. The van der Waals surface area contributed by atoms with E-state index in [1.165, 1.54) is 12.8 Å². The van der Waals surface area contributed by atoms with Crippen LogP contribution in [-0.4, -0.2) is 57.4 Å². The highest BCUT2D eigenvalue weighted by atomic mass is 32.2. The highest BCUT2D eigenvalue weighted by Crippen LogP contribution is 2.41. The van der Waals surface area contributed by atoms with E-state index in [9.17, 15) is 0 Å². The van der Waals surface area contributed by atoms with Crippen LogP contribution in [0.1, 0.15) is 26.7 Å². The Morgan fingerprint density at radius 1 is 1.19 bits per heavy atom. The molecule has 1 saturated heterocycles. The van der Waals surface area contributed by atoms with Gasteiger partial charge in [-0.15, -0.1) is 0 Å². The normalized spacial score (nSPS) is 33.3. The summed E-state index contributed by atoms with van der Waals surface area (Å²) in [5.41, 5.74) is 0. The lowest BCUT2D eigenvalue weighted by molar-refractivity contribution is -0.0769. The summed E-state index contributed by atoms with van der Waals surface area (Å²) >= 11 is 2.01. The van der Waals surface area contributed by atoms with E-state index in [2.05, 4.69) is 13.2 Å². The van der Waals surface area contributed by atoms with Gasteiger partial charge in [-0.25, -0.2) is 0 Å². The number of rotatable bonds is 11. The molecule has 0 aromatic heterocycles. The third-order valence-corrected chi connectivity index (χ3v) is 5.82. The molecule has 1 aliphatic heterocycles. The zero-order valence-electron chi connectivity index (χ0n) is 13.6. The molecule has 0 N–H and O–H groups in total. The van der Waals surface area contributed by atoms with Crippen molar-refractivity contribution < 1.29 is 18.9 Å². The summed E-state index contributed by atoms with van der Waals surface area (Å²) in [6.07, 6.45) is 5.15. The molecule has 0 spiro atoms. The molecule has 124 valence electrons. The van der Waals surface area contributed by atoms with E-state index in [1.807, 2.05) is 18.7 Å². The van der Waals surface area contributed by atoms with Crippen molar-refractivity contribution in [3.05, 3.63) is 0 Å². The Kier molecular flexibility index (Phi) is 7.82. The van der Waals surface area contributed by atoms with Gasteiger partial charge in [-0.3, -0.25) is 0 Å². The Labute approximate surface area is 133 Å². The van der Waals surface area contributed by atoms with Crippen molar-refractivity contribution in [3.8, 4) is 0 Å². The predicted octanol–water partition coefficient (Wildman–Crippen LogP) is 2.81. The van der Waals surface area contributed by atoms with Crippen LogP contribution in [0.2, 0.25) is 0 Å². The predicted molar refractivity (Wildman–Crippen MR) is 85.7 cm³/mol. The van der Waals surface area contributed by atoms with E-state index < -0.39 is 0 Å². The van der Waals surface area contributed by atoms with E-state index >= 15 is 0 Å². The SMILES string of the molecule is CCOCOCC(COCC1CO1)C1CC(C)C(SC)C1. The first-order chi connectivity index (χ1) is 10.2. The maximum absolute atomic E-state index is 5.84. The number of ether oxygens (including phenoxy) is 4. The molecule has 2 rings (SSSR count). The van der Waals surface area contributed by atoms with Crippen molar-refractivity contribution in [2.75, 3.05) is 46.1 Å². The molecule has 2 aliphatic rings. The fraction of sp³-hybridized carbons (Fsp3) is 1.00. The summed E-state index contributed by atoms with van der Waals surface area (Å²) in [4.78, 5) is 0. The molecule has 21 heavy (non-hydrogen) atoms. The number of hydrogen-bond donors (Lipinski definition) is 0. The van der Waals surface area contributed by atoms with Gasteiger partial charge >= 0.3 is 0 Å². The Bertz CT molecular complexity index is 285. The van der Waals surface area contributed by atoms with E-state index in [1.54, 1.807) is 0 Å². The van der Waals surface area contributed by atoms with Crippen molar-refractivity contribution in [2.24, 2.45) is 17.8 Å². The summed E-state index contributed by atoms with van der Waals surface area (Å²) in [6, 6.07) is 0. The van der Waals surface area contributed by atoms with Gasteiger partial charge in [0.2, 0.25) is 0 Å². The molecule has 1 heterocycles. The fourth-order valence-corrected chi connectivity index (χ4v) is 4.16. The molecule has 0 aromatic rings. The van der Waals surface area contributed by atoms with Gasteiger partial charge in [-0.05, 0) is 37.9 Å². The second-order valence-electron chi connectivity index (χ2n) is 6.22. The number of hydrogen-bond acceptors (Lipinski definition) is 5. The van der Waals surface area contributed by atoms with Crippen LogP contribution < -0.4 is 0 Å². The first-order valence-electron chi connectivity index (χ1n) is 8.12. The smallest absolute Gasteiger partial charge is 0.146 e. The summed E-state index contributed by atoms with van der Waals surface area (Å²) in [5, 5.41) is 0.788. The lowest BCUT2D eigenvalue weighted by Gasteiger charge is -2.23. The van der Waals surface area contributed by atoms with Gasteiger partial charge in [0.15, 0.2) is 0 Å². The Morgan fingerprint density at radius 2 is 1.95 bits per heavy atom.